The largest absolute Gasteiger partial charge is 0.469 e. The highest BCUT2D eigenvalue weighted by Gasteiger charge is 2.05. The van der Waals surface area contributed by atoms with Gasteiger partial charge in [-0.05, 0) is 30.7 Å². The lowest BCUT2D eigenvalue weighted by molar-refractivity contribution is 0.0952. The lowest BCUT2D eigenvalue weighted by atomic mass is 10.2. The van der Waals surface area contributed by atoms with Crippen molar-refractivity contribution < 1.29 is 9.21 Å². The molecule has 2 aromatic rings. The standard InChI is InChI=1S/C14H13N3O2/c15-9-12-6-5-11(10-17-12)14(18)16-7-1-3-13-4-2-8-19-13/h2,4-6,8,10H,1,3,7H2,(H,16,18). The van der Waals surface area contributed by atoms with E-state index in [4.69, 9.17) is 9.68 Å². The summed E-state index contributed by atoms with van der Waals surface area (Å²) in [6.45, 7) is 0.569. The molecular formula is C14H13N3O2. The molecule has 1 N–H and O–H groups in total. The molecule has 96 valence electrons. The highest BCUT2D eigenvalue weighted by atomic mass is 16.3. The van der Waals surface area contributed by atoms with Gasteiger partial charge in [0.05, 0.1) is 11.8 Å². The van der Waals surface area contributed by atoms with Gasteiger partial charge >= 0.3 is 0 Å². The lowest BCUT2D eigenvalue weighted by Gasteiger charge is -2.04. The highest BCUT2D eigenvalue weighted by Crippen LogP contribution is 2.03. The van der Waals surface area contributed by atoms with Crippen LogP contribution in [0.3, 0.4) is 0 Å². The normalized spacial score (nSPS) is 9.84. The van der Waals surface area contributed by atoms with Gasteiger partial charge in [-0.2, -0.15) is 5.26 Å². The third-order valence-electron chi connectivity index (χ3n) is 2.61. The van der Waals surface area contributed by atoms with Crippen LogP contribution in [0.15, 0.2) is 41.1 Å². The zero-order chi connectivity index (χ0) is 13.5. The highest BCUT2D eigenvalue weighted by molar-refractivity contribution is 5.93. The Hall–Kier alpha value is -2.61. The molecule has 1 amide bonds. The first kappa shape index (κ1) is 12.8. The molecule has 0 spiro atoms. The Bertz CT molecular complexity index is 568. The van der Waals surface area contributed by atoms with E-state index in [-0.39, 0.29) is 5.91 Å². The van der Waals surface area contributed by atoms with Crippen LogP contribution >= 0.6 is 0 Å². The Morgan fingerprint density at radius 3 is 2.95 bits per heavy atom. The molecule has 0 saturated heterocycles. The van der Waals surface area contributed by atoms with Gasteiger partial charge in [-0.3, -0.25) is 4.79 Å². The first-order valence-electron chi connectivity index (χ1n) is 5.96. The minimum absolute atomic E-state index is 0.184. The maximum absolute atomic E-state index is 11.7. The van der Waals surface area contributed by atoms with Crippen molar-refractivity contribution in [2.75, 3.05) is 6.54 Å². The SMILES string of the molecule is N#Cc1ccc(C(=O)NCCCc2ccco2)cn1. The second-order valence-electron chi connectivity index (χ2n) is 3.98. The summed E-state index contributed by atoms with van der Waals surface area (Å²) in [6.07, 6.45) is 4.64. The monoisotopic (exact) mass is 255 g/mol. The molecule has 0 aliphatic rings. The second kappa shape index (κ2) is 6.36. The number of amides is 1. The van der Waals surface area contributed by atoms with Crippen LogP contribution < -0.4 is 5.32 Å². The van der Waals surface area contributed by atoms with Gasteiger partial charge in [0.1, 0.15) is 17.5 Å². The van der Waals surface area contributed by atoms with Crippen molar-refractivity contribution in [1.29, 1.82) is 5.26 Å². The molecule has 2 rings (SSSR count). The third-order valence-corrected chi connectivity index (χ3v) is 2.61. The summed E-state index contributed by atoms with van der Waals surface area (Å²) in [6, 6.07) is 8.78. The average Bonchev–Trinajstić information content (AvgIpc) is 2.96. The third kappa shape index (κ3) is 3.68. The van der Waals surface area contributed by atoms with Gasteiger partial charge in [0.2, 0.25) is 0 Å². The van der Waals surface area contributed by atoms with Crippen LogP contribution in [0.1, 0.15) is 28.2 Å². The van der Waals surface area contributed by atoms with Gasteiger partial charge in [-0.1, -0.05) is 0 Å². The molecule has 0 aliphatic carbocycles. The first-order valence-corrected chi connectivity index (χ1v) is 5.96. The number of furan rings is 1. The molecule has 5 heteroatoms. The van der Waals surface area contributed by atoms with E-state index >= 15 is 0 Å². The van der Waals surface area contributed by atoms with Crippen molar-refractivity contribution in [2.45, 2.75) is 12.8 Å². The van der Waals surface area contributed by atoms with Gasteiger partial charge < -0.3 is 9.73 Å². The minimum atomic E-state index is -0.184. The smallest absolute Gasteiger partial charge is 0.252 e. The zero-order valence-electron chi connectivity index (χ0n) is 10.3. The van der Waals surface area contributed by atoms with Crippen LogP contribution in [-0.2, 0) is 6.42 Å². The average molecular weight is 255 g/mol. The maximum Gasteiger partial charge on any atom is 0.252 e. The molecule has 0 atom stereocenters. The van der Waals surface area contributed by atoms with Gasteiger partial charge in [0.25, 0.3) is 5.91 Å². The zero-order valence-corrected chi connectivity index (χ0v) is 10.3. The van der Waals surface area contributed by atoms with Gasteiger partial charge in [0.15, 0.2) is 0 Å². The molecule has 5 nitrogen and oxygen atoms in total. The van der Waals surface area contributed by atoms with Crippen molar-refractivity contribution in [1.82, 2.24) is 10.3 Å². The molecule has 2 heterocycles. The van der Waals surface area contributed by atoms with E-state index in [2.05, 4.69) is 10.3 Å². The van der Waals surface area contributed by atoms with E-state index in [1.807, 2.05) is 18.2 Å². The van der Waals surface area contributed by atoms with Crippen molar-refractivity contribution >= 4 is 5.91 Å². The summed E-state index contributed by atoms with van der Waals surface area (Å²) < 4.78 is 5.20. The fraction of sp³-hybridized carbons (Fsp3) is 0.214. The van der Waals surface area contributed by atoms with Crippen LogP contribution in [0.25, 0.3) is 0 Å². The summed E-state index contributed by atoms with van der Waals surface area (Å²) in [4.78, 5) is 15.6. The van der Waals surface area contributed by atoms with E-state index < -0.39 is 0 Å². The quantitative estimate of drug-likeness (QED) is 0.828. The van der Waals surface area contributed by atoms with Gasteiger partial charge in [0, 0.05) is 19.2 Å². The Labute approximate surface area is 110 Å². The first-order chi connectivity index (χ1) is 9.29. The predicted molar refractivity (Wildman–Crippen MR) is 68.3 cm³/mol. The Kier molecular flexibility index (Phi) is 4.29. The number of carbonyl (C=O) groups excluding carboxylic acids is 1. The van der Waals surface area contributed by atoms with Crippen molar-refractivity contribution in [3.05, 3.63) is 53.7 Å². The second-order valence-corrected chi connectivity index (χ2v) is 3.98. The number of aromatic nitrogens is 1. The number of carbonyl (C=O) groups is 1. The van der Waals surface area contributed by atoms with Crippen molar-refractivity contribution in [3.8, 4) is 6.07 Å². The molecule has 0 radical (unpaired) electrons. The summed E-state index contributed by atoms with van der Waals surface area (Å²) >= 11 is 0. The number of aryl methyl sites for hydroxylation is 1. The van der Waals surface area contributed by atoms with Crippen LogP contribution in [0.4, 0.5) is 0 Å². The number of rotatable bonds is 5. The predicted octanol–water partition coefficient (Wildman–Crippen LogP) is 1.91. The number of nitrogens with zero attached hydrogens (tertiary/aromatic N) is 2. The van der Waals surface area contributed by atoms with E-state index in [1.54, 1.807) is 12.3 Å². The summed E-state index contributed by atoms with van der Waals surface area (Å²) in [5, 5.41) is 11.4. The summed E-state index contributed by atoms with van der Waals surface area (Å²) in [7, 11) is 0. The molecule has 19 heavy (non-hydrogen) atoms. The number of hydrogen-bond acceptors (Lipinski definition) is 4. The topological polar surface area (TPSA) is 78.9 Å². The number of hydrogen-bond donors (Lipinski definition) is 1. The fourth-order valence-corrected chi connectivity index (χ4v) is 1.62. The van der Waals surface area contributed by atoms with Gasteiger partial charge in [-0.25, -0.2) is 4.98 Å². The maximum atomic E-state index is 11.7. The Morgan fingerprint density at radius 1 is 1.42 bits per heavy atom. The van der Waals surface area contributed by atoms with E-state index in [0.717, 1.165) is 18.6 Å². The van der Waals surface area contributed by atoms with Crippen molar-refractivity contribution in [2.24, 2.45) is 0 Å². The lowest BCUT2D eigenvalue weighted by Crippen LogP contribution is -2.24. The van der Waals surface area contributed by atoms with Gasteiger partial charge in [-0.15, -0.1) is 0 Å². The van der Waals surface area contributed by atoms with Crippen LogP contribution in [0.5, 0.6) is 0 Å². The molecular weight excluding hydrogens is 242 g/mol. The fourth-order valence-electron chi connectivity index (χ4n) is 1.62. The summed E-state index contributed by atoms with van der Waals surface area (Å²) in [5.74, 6) is 0.728. The molecule has 0 fully saturated rings. The Morgan fingerprint density at radius 2 is 2.32 bits per heavy atom. The van der Waals surface area contributed by atoms with Crippen LogP contribution in [0, 0.1) is 11.3 Å². The number of nitrogens with one attached hydrogen (secondary N) is 1. The molecule has 0 aromatic carbocycles. The van der Waals surface area contributed by atoms with Crippen molar-refractivity contribution in [3.63, 3.8) is 0 Å². The van der Waals surface area contributed by atoms with Crippen LogP contribution in [-0.4, -0.2) is 17.4 Å². The van der Waals surface area contributed by atoms with Crippen LogP contribution in [0.2, 0.25) is 0 Å². The van der Waals surface area contributed by atoms with E-state index in [0.29, 0.717) is 17.8 Å². The van der Waals surface area contributed by atoms with E-state index in [1.165, 1.54) is 12.3 Å². The molecule has 0 aliphatic heterocycles. The Balaban J connectivity index is 1.76. The minimum Gasteiger partial charge on any atom is -0.469 e. The molecule has 2 aromatic heterocycles. The molecule has 0 saturated carbocycles. The number of pyridine rings is 1. The molecule has 0 bridgehead atoms. The summed E-state index contributed by atoms with van der Waals surface area (Å²) in [5.41, 5.74) is 0.756. The van der Waals surface area contributed by atoms with E-state index in [9.17, 15) is 4.79 Å². The number of nitriles is 1. The molecule has 0 unspecified atom stereocenters.